The Hall–Kier alpha value is -2.21. The number of halogens is 3. The van der Waals surface area contributed by atoms with Crippen LogP contribution >= 0.6 is 11.3 Å². The van der Waals surface area contributed by atoms with Crippen LogP contribution in [0.3, 0.4) is 0 Å². The van der Waals surface area contributed by atoms with Crippen molar-refractivity contribution >= 4 is 46.9 Å². The SMILES string of the molecule is O=C[B]N1CC2(CC2)C[C@H]1C(=O)N1CC[C@@H]2CN(c3ncnc4sc(CC(F)(F)F)cc34)C[C@@H]2C1. The van der Waals surface area contributed by atoms with E-state index >= 15 is 0 Å². The van der Waals surface area contributed by atoms with Crippen LogP contribution in [0.1, 0.15) is 30.6 Å². The maximum atomic E-state index is 13.5. The number of aromatic nitrogens is 2. The first-order valence-electron chi connectivity index (χ1n) is 12.1. The van der Waals surface area contributed by atoms with Crippen LogP contribution in [-0.4, -0.2) is 84.1 Å². The van der Waals surface area contributed by atoms with Gasteiger partial charge >= 0.3 is 6.18 Å². The van der Waals surface area contributed by atoms with Gasteiger partial charge < -0.3 is 19.4 Å². The molecule has 7 nitrogen and oxygen atoms in total. The minimum Gasteiger partial charge on any atom is -0.355 e. The van der Waals surface area contributed by atoms with Gasteiger partial charge in [-0.05, 0) is 55.5 Å². The van der Waals surface area contributed by atoms with Gasteiger partial charge in [-0.25, -0.2) is 9.97 Å². The standard InChI is InChI=1S/C23H26BF3N5O2S/c25-23(26,27)6-16-5-17-19(28-13-29-20(17)35-16)31-8-14-1-4-30(9-15(14)10-31)21(34)18-7-22(2-3-22)11-32(18)24-12-33/h5,12-15,18H,1-4,6-11H2/t14-,15+,18+/m1/s1. The van der Waals surface area contributed by atoms with Crippen molar-refractivity contribution in [2.24, 2.45) is 17.3 Å². The zero-order valence-corrected chi connectivity index (χ0v) is 20.0. The van der Waals surface area contributed by atoms with Crippen LogP contribution in [0.15, 0.2) is 12.4 Å². The van der Waals surface area contributed by atoms with Crippen molar-refractivity contribution in [3.05, 3.63) is 17.3 Å². The van der Waals surface area contributed by atoms with Crippen LogP contribution in [0.5, 0.6) is 0 Å². The Labute approximate surface area is 205 Å². The molecule has 5 heterocycles. The van der Waals surface area contributed by atoms with Crippen molar-refractivity contribution in [3.63, 3.8) is 0 Å². The smallest absolute Gasteiger partial charge is 0.355 e. The van der Waals surface area contributed by atoms with Gasteiger partial charge in [-0.15, -0.1) is 11.3 Å². The molecular formula is C23H26BF3N5O2S. The molecule has 3 aliphatic heterocycles. The van der Waals surface area contributed by atoms with Crippen LogP contribution in [0.4, 0.5) is 19.0 Å². The number of piperidine rings is 1. The fourth-order valence-electron chi connectivity index (χ4n) is 6.27. The highest BCUT2D eigenvalue weighted by Gasteiger charge is 2.54. The first-order valence-corrected chi connectivity index (χ1v) is 12.9. The van der Waals surface area contributed by atoms with E-state index in [4.69, 9.17) is 0 Å². The number of hydrogen-bond acceptors (Lipinski definition) is 7. The minimum atomic E-state index is -4.26. The van der Waals surface area contributed by atoms with E-state index in [-0.39, 0.29) is 28.2 Å². The number of nitrogens with zero attached hydrogens (tertiary/aromatic N) is 5. The zero-order chi connectivity index (χ0) is 24.4. The summed E-state index contributed by atoms with van der Waals surface area (Å²) >= 11 is 1.07. The van der Waals surface area contributed by atoms with Crippen LogP contribution in [0, 0.1) is 17.3 Å². The van der Waals surface area contributed by atoms with E-state index in [0.717, 1.165) is 56.3 Å². The van der Waals surface area contributed by atoms with Crippen molar-refractivity contribution in [3.8, 4) is 0 Å². The predicted octanol–water partition coefficient (Wildman–Crippen LogP) is 2.74. The molecule has 2 aromatic rings. The summed E-state index contributed by atoms with van der Waals surface area (Å²) in [7, 11) is 1.52. The lowest BCUT2D eigenvalue weighted by atomic mass is 9.87. The molecule has 3 atom stereocenters. The number of carbonyl (C=O) groups is 2. The summed E-state index contributed by atoms with van der Waals surface area (Å²) in [5, 5.41) is 0.670. The molecule has 2 aromatic heterocycles. The number of amides is 1. The Morgan fingerprint density at radius 2 is 2.03 bits per heavy atom. The Kier molecular flexibility index (Phi) is 5.59. The van der Waals surface area contributed by atoms with Crippen LogP contribution < -0.4 is 4.90 Å². The third-order valence-electron chi connectivity index (χ3n) is 8.19. The van der Waals surface area contributed by atoms with E-state index in [1.807, 2.05) is 9.71 Å². The number of rotatable bonds is 5. The lowest BCUT2D eigenvalue weighted by Gasteiger charge is -2.37. The van der Waals surface area contributed by atoms with Crippen molar-refractivity contribution in [1.29, 1.82) is 0 Å². The number of alkyl halides is 3. The number of anilines is 1. The van der Waals surface area contributed by atoms with Crippen molar-refractivity contribution < 1.29 is 22.8 Å². The monoisotopic (exact) mass is 504 g/mol. The summed E-state index contributed by atoms with van der Waals surface area (Å²) in [4.78, 5) is 40.1. The lowest BCUT2D eigenvalue weighted by molar-refractivity contribution is -0.137. The molecule has 1 aliphatic carbocycles. The second-order valence-corrected chi connectivity index (χ2v) is 11.7. The molecule has 4 aliphatic rings. The highest BCUT2D eigenvalue weighted by molar-refractivity contribution is 7.18. The summed E-state index contributed by atoms with van der Waals surface area (Å²) in [6.07, 6.45) is 0.941. The first-order chi connectivity index (χ1) is 16.7. The van der Waals surface area contributed by atoms with Crippen molar-refractivity contribution in [2.45, 2.75) is 44.3 Å². The van der Waals surface area contributed by atoms with Crippen LogP contribution in [-0.2, 0) is 16.0 Å². The van der Waals surface area contributed by atoms with Gasteiger partial charge in [-0.2, -0.15) is 13.2 Å². The highest BCUT2D eigenvalue weighted by Crippen LogP contribution is 2.54. The number of hydrogen-bond donors (Lipinski definition) is 0. The van der Waals surface area contributed by atoms with Gasteiger partial charge in [0.05, 0.1) is 24.0 Å². The third kappa shape index (κ3) is 4.43. The van der Waals surface area contributed by atoms with Crippen LogP contribution in [0.2, 0.25) is 0 Å². The molecule has 0 N–H and O–H groups in total. The van der Waals surface area contributed by atoms with E-state index in [2.05, 4.69) is 14.9 Å². The van der Waals surface area contributed by atoms with E-state index in [0.29, 0.717) is 41.6 Å². The molecule has 0 unspecified atom stereocenters. The highest BCUT2D eigenvalue weighted by atomic mass is 32.1. The Morgan fingerprint density at radius 3 is 2.77 bits per heavy atom. The molecule has 6 rings (SSSR count). The first kappa shape index (κ1) is 23.2. The van der Waals surface area contributed by atoms with E-state index in [1.54, 1.807) is 6.07 Å². The average Bonchev–Trinajstić information content (AvgIpc) is 3.12. The second kappa shape index (κ2) is 8.43. The fraction of sp³-hybridized carbons (Fsp3) is 0.652. The molecule has 1 spiro atoms. The number of carbonyl (C=O) groups excluding carboxylic acids is 2. The molecule has 12 heteroatoms. The molecule has 3 saturated heterocycles. The molecule has 0 bridgehead atoms. The maximum Gasteiger partial charge on any atom is 0.393 e. The summed E-state index contributed by atoms with van der Waals surface area (Å²) in [5.74, 6) is 1.49. The number of thiophene rings is 1. The van der Waals surface area contributed by atoms with Gasteiger partial charge in [-0.1, -0.05) is 0 Å². The van der Waals surface area contributed by atoms with Gasteiger partial charge in [0, 0.05) is 31.1 Å². The molecule has 1 amide bonds. The number of fused-ring (bicyclic) bond motifs is 2. The maximum absolute atomic E-state index is 13.5. The summed E-state index contributed by atoms with van der Waals surface area (Å²) in [6.45, 7) is 3.64. The molecule has 0 aromatic carbocycles. The Balaban J connectivity index is 1.16. The van der Waals surface area contributed by atoms with E-state index in [9.17, 15) is 22.8 Å². The molecule has 185 valence electrons. The van der Waals surface area contributed by atoms with Gasteiger partial charge in [0.25, 0.3) is 7.41 Å². The quantitative estimate of drug-likeness (QED) is 0.461. The third-order valence-corrected chi connectivity index (χ3v) is 9.23. The second-order valence-electron chi connectivity index (χ2n) is 10.6. The molecular weight excluding hydrogens is 478 g/mol. The molecule has 35 heavy (non-hydrogen) atoms. The Bertz CT molecular complexity index is 1160. The molecule has 1 saturated carbocycles. The normalized spacial score (nSPS) is 28.0. The van der Waals surface area contributed by atoms with Gasteiger partial charge in [-0.3, -0.25) is 4.79 Å². The minimum absolute atomic E-state index is 0.114. The molecule has 1 radical (unpaired) electrons. The number of likely N-dealkylation sites (tertiary alicyclic amines) is 1. The zero-order valence-electron chi connectivity index (χ0n) is 19.2. The summed E-state index contributed by atoms with van der Waals surface area (Å²) in [6, 6.07) is 1.32. The lowest BCUT2D eigenvalue weighted by Crippen LogP contribution is -2.51. The van der Waals surface area contributed by atoms with Gasteiger partial charge in [0.1, 0.15) is 17.0 Å². The Morgan fingerprint density at radius 1 is 1.23 bits per heavy atom. The van der Waals surface area contributed by atoms with Crippen molar-refractivity contribution in [2.75, 3.05) is 37.6 Å². The van der Waals surface area contributed by atoms with Gasteiger partial charge in [0.2, 0.25) is 5.91 Å². The predicted molar refractivity (Wildman–Crippen MR) is 127 cm³/mol. The fourth-order valence-corrected chi connectivity index (χ4v) is 7.30. The van der Waals surface area contributed by atoms with E-state index < -0.39 is 12.6 Å². The van der Waals surface area contributed by atoms with Gasteiger partial charge in [0.15, 0.2) is 0 Å². The summed E-state index contributed by atoms with van der Waals surface area (Å²) < 4.78 is 38.7. The van der Waals surface area contributed by atoms with E-state index in [1.165, 1.54) is 13.7 Å². The van der Waals surface area contributed by atoms with Crippen molar-refractivity contribution in [1.82, 2.24) is 19.7 Å². The van der Waals surface area contributed by atoms with Crippen LogP contribution in [0.25, 0.3) is 10.2 Å². The average molecular weight is 504 g/mol. The summed E-state index contributed by atoms with van der Waals surface area (Å²) in [5.41, 5.74) is 0.214. The molecule has 4 fully saturated rings. The largest absolute Gasteiger partial charge is 0.393 e. The topological polar surface area (TPSA) is 69.6 Å².